The van der Waals surface area contributed by atoms with Gasteiger partial charge in [-0.3, -0.25) is 4.79 Å². The number of aryl methyl sites for hydroxylation is 1. The van der Waals surface area contributed by atoms with Gasteiger partial charge in [0, 0.05) is 5.69 Å². The molecule has 0 saturated carbocycles. The summed E-state index contributed by atoms with van der Waals surface area (Å²) in [7, 11) is -3.87. The Morgan fingerprint density at radius 1 is 1.23 bits per heavy atom. The Hall–Kier alpha value is -1.12. The van der Waals surface area contributed by atoms with Gasteiger partial charge in [-0.15, -0.1) is 11.3 Å². The number of nitrogens with two attached hydrogens (primary N) is 1. The Morgan fingerprint density at radius 2 is 1.86 bits per heavy atom. The van der Waals surface area contributed by atoms with E-state index in [4.69, 9.17) is 28.3 Å². The quantitative estimate of drug-likeness (QED) is 0.854. The highest BCUT2D eigenvalue weighted by molar-refractivity contribution is 7.89. The molecule has 0 aliphatic carbocycles. The lowest BCUT2D eigenvalue weighted by Gasteiger charge is -2.12. The molecular formula is C13H12Cl2N2O3S2. The number of halogens is 2. The molecule has 5 nitrogen and oxygen atoms in total. The summed E-state index contributed by atoms with van der Waals surface area (Å²) in [5.41, 5.74) is 2.01. The maximum Gasteiger partial charge on any atom is 0.258 e. The number of thiophene rings is 1. The van der Waals surface area contributed by atoms with Gasteiger partial charge in [-0.05, 0) is 43.2 Å². The number of hydrogen-bond acceptors (Lipinski definition) is 4. The van der Waals surface area contributed by atoms with Gasteiger partial charge >= 0.3 is 0 Å². The number of carbonyl (C=O) groups excluding carboxylic acids is 1. The predicted octanol–water partition coefficient (Wildman–Crippen LogP) is 3.57. The number of carbonyl (C=O) groups is 1. The smallest absolute Gasteiger partial charge is 0.258 e. The van der Waals surface area contributed by atoms with Crippen LogP contribution in [0.4, 0.5) is 5.69 Å². The Morgan fingerprint density at radius 3 is 2.36 bits per heavy atom. The highest BCUT2D eigenvalue weighted by Crippen LogP contribution is 2.32. The molecule has 22 heavy (non-hydrogen) atoms. The number of benzene rings is 1. The largest absolute Gasteiger partial charge is 0.322 e. The van der Waals surface area contributed by atoms with Crippen molar-refractivity contribution in [1.82, 2.24) is 0 Å². The molecule has 0 radical (unpaired) electrons. The molecule has 9 heteroatoms. The van der Waals surface area contributed by atoms with E-state index in [-0.39, 0.29) is 14.8 Å². The molecule has 1 aromatic heterocycles. The van der Waals surface area contributed by atoms with Crippen molar-refractivity contribution in [2.45, 2.75) is 18.7 Å². The van der Waals surface area contributed by atoms with Crippen LogP contribution in [0.2, 0.25) is 8.67 Å². The third-order valence-corrected chi connectivity index (χ3v) is 5.50. The van der Waals surface area contributed by atoms with E-state index in [1.165, 1.54) is 18.2 Å². The number of amides is 1. The third-order valence-electron chi connectivity index (χ3n) is 3.12. The second-order valence-corrected chi connectivity index (χ2v) is 8.50. The average Bonchev–Trinajstić information content (AvgIpc) is 2.72. The molecule has 2 aromatic rings. The Balaban J connectivity index is 2.43. The van der Waals surface area contributed by atoms with Crippen LogP contribution in [0.1, 0.15) is 21.5 Å². The molecule has 118 valence electrons. The van der Waals surface area contributed by atoms with Crippen molar-refractivity contribution in [2.24, 2.45) is 5.14 Å². The number of rotatable bonds is 3. The van der Waals surface area contributed by atoms with Gasteiger partial charge < -0.3 is 5.32 Å². The number of sulfonamides is 1. The van der Waals surface area contributed by atoms with Crippen molar-refractivity contribution in [1.29, 1.82) is 0 Å². The lowest BCUT2D eigenvalue weighted by atomic mass is 10.1. The van der Waals surface area contributed by atoms with E-state index in [9.17, 15) is 13.2 Å². The van der Waals surface area contributed by atoms with Crippen LogP contribution in [0, 0.1) is 13.8 Å². The van der Waals surface area contributed by atoms with Crippen molar-refractivity contribution < 1.29 is 13.2 Å². The van der Waals surface area contributed by atoms with Gasteiger partial charge in [0.1, 0.15) is 4.34 Å². The number of anilines is 1. The summed E-state index contributed by atoms with van der Waals surface area (Å²) in [4.78, 5) is 12.2. The Kier molecular flexibility index (Phi) is 4.84. The molecule has 0 aliphatic heterocycles. The summed E-state index contributed by atoms with van der Waals surface area (Å²) in [5, 5.41) is 7.78. The zero-order chi connectivity index (χ0) is 16.7. The lowest BCUT2D eigenvalue weighted by Crippen LogP contribution is -2.16. The first-order chi connectivity index (χ1) is 10.1. The number of primary sulfonamides is 1. The number of nitrogens with one attached hydrogen (secondary N) is 1. The highest BCUT2D eigenvalue weighted by Gasteiger charge is 2.18. The topological polar surface area (TPSA) is 89.3 Å². The third kappa shape index (κ3) is 3.61. The highest BCUT2D eigenvalue weighted by atomic mass is 35.5. The maximum absolute atomic E-state index is 12.2. The standard InChI is InChI=1S/C13H12Cl2N2O3S2/c1-6-3-8(22(16,19)20)4-10(7(6)2)17-13(18)9-5-11(14)21-12(9)15/h3-5H,1-2H3,(H,17,18)(H2,16,19,20). The Bertz CT molecular complexity index is 860. The minimum atomic E-state index is -3.87. The molecule has 0 unspecified atom stereocenters. The minimum Gasteiger partial charge on any atom is -0.322 e. The summed E-state index contributed by atoms with van der Waals surface area (Å²) in [5.74, 6) is -0.470. The molecule has 2 rings (SSSR count). The molecular weight excluding hydrogens is 367 g/mol. The maximum atomic E-state index is 12.2. The van der Waals surface area contributed by atoms with Crippen LogP contribution in [0.25, 0.3) is 0 Å². The Labute approximate surface area is 142 Å². The van der Waals surface area contributed by atoms with Crippen molar-refractivity contribution in [2.75, 3.05) is 5.32 Å². The van der Waals surface area contributed by atoms with E-state index in [0.29, 0.717) is 15.6 Å². The van der Waals surface area contributed by atoms with Gasteiger partial charge in [0.15, 0.2) is 0 Å². The molecule has 1 aromatic carbocycles. The fourth-order valence-corrected chi connectivity index (χ4v) is 3.89. The van der Waals surface area contributed by atoms with Crippen LogP contribution in [0.5, 0.6) is 0 Å². The SMILES string of the molecule is Cc1cc(S(N)(=O)=O)cc(NC(=O)c2cc(Cl)sc2Cl)c1C. The second-order valence-electron chi connectivity index (χ2n) is 4.65. The van der Waals surface area contributed by atoms with Gasteiger partial charge in [-0.1, -0.05) is 23.2 Å². The van der Waals surface area contributed by atoms with Crippen LogP contribution in [0.3, 0.4) is 0 Å². The van der Waals surface area contributed by atoms with Gasteiger partial charge in [-0.25, -0.2) is 13.6 Å². The van der Waals surface area contributed by atoms with E-state index in [1.807, 2.05) is 0 Å². The van der Waals surface area contributed by atoms with Crippen LogP contribution < -0.4 is 10.5 Å². The number of hydrogen-bond donors (Lipinski definition) is 2. The zero-order valence-corrected chi connectivity index (χ0v) is 14.8. The molecule has 0 spiro atoms. The molecule has 3 N–H and O–H groups in total. The lowest BCUT2D eigenvalue weighted by molar-refractivity contribution is 0.102. The van der Waals surface area contributed by atoms with Gasteiger partial charge in [-0.2, -0.15) is 0 Å². The summed E-state index contributed by atoms with van der Waals surface area (Å²) >= 11 is 12.8. The molecule has 1 amide bonds. The molecule has 0 saturated heterocycles. The zero-order valence-electron chi connectivity index (χ0n) is 11.6. The molecule has 0 atom stereocenters. The summed E-state index contributed by atoms with van der Waals surface area (Å²) in [6.45, 7) is 3.49. The first kappa shape index (κ1) is 17.2. The van der Waals surface area contributed by atoms with Crippen LogP contribution in [-0.2, 0) is 10.0 Å². The molecule has 0 fully saturated rings. The van der Waals surface area contributed by atoms with Crippen LogP contribution >= 0.6 is 34.5 Å². The average molecular weight is 379 g/mol. The molecule has 0 bridgehead atoms. The van der Waals surface area contributed by atoms with Crippen molar-refractivity contribution in [3.8, 4) is 0 Å². The van der Waals surface area contributed by atoms with Gasteiger partial charge in [0.05, 0.1) is 14.8 Å². The predicted molar refractivity (Wildman–Crippen MR) is 89.6 cm³/mol. The van der Waals surface area contributed by atoms with Crippen molar-refractivity contribution in [3.05, 3.63) is 43.6 Å². The normalized spacial score (nSPS) is 11.5. The van der Waals surface area contributed by atoms with E-state index >= 15 is 0 Å². The summed E-state index contributed by atoms with van der Waals surface area (Å²) in [6, 6.07) is 4.22. The summed E-state index contributed by atoms with van der Waals surface area (Å²) in [6.07, 6.45) is 0. The molecule has 0 aliphatic rings. The molecule has 1 heterocycles. The second kappa shape index (κ2) is 6.17. The van der Waals surface area contributed by atoms with E-state index in [2.05, 4.69) is 5.32 Å². The first-order valence-corrected chi connectivity index (χ1v) is 9.11. The van der Waals surface area contributed by atoms with E-state index in [0.717, 1.165) is 16.9 Å². The van der Waals surface area contributed by atoms with Crippen molar-refractivity contribution >= 4 is 56.2 Å². The minimum absolute atomic E-state index is 0.0691. The van der Waals surface area contributed by atoms with E-state index in [1.54, 1.807) is 13.8 Å². The van der Waals surface area contributed by atoms with Crippen LogP contribution in [0.15, 0.2) is 23.1 Å². The van der Waals surface area contributed by atoms with Crippen molar-refractivity contribution in [3.63, 3.8) is 0 Å². The van der Waals surface area contributed by atoms with Gasteiger partial charge in [0.2, 0.25) is 10.0 Å². The monoisotopic (exact) mass is 378 g/mol. The fraction of sp³-hybridized carbons (Fsp3) is 0.154. The van der Waals surface area contributed by atoms with E-state index < -0.39 is 15.9 Å². The fourth-order valence-electron chi connectivity index (χ4n) is 1.81. The first-order valence-electron chi connectivity index (χ1n) is 6.00. The summed E-state index contributed by atoms with van der Waals surface area (Å²) < 4.78 is 23.6. The van der Waals surface area contributed by atoms with Gasteiger partial charge in [0.25, 0.3) is 5.91 Å². The van der Waals surface area contributed by atoms with Crippen LogP contribution in [-0.4, -0.2) is 14.3 Å².